The van der Waals surface area contributed by atoms with Gasteiger partial charge < -0.3 is 10.6 Å². The van der Waals surface area contributed by atoms with Crippen LogP contribution in [0.4, 0.5) is 17.5 Å². The van der Waals surface area contributed by atoms with Crippen LogP contribution >= 0.6 is 0 Å². The first-order valence-corrected chi connectivity index (χ1v) is 6.42. The van der Waals surface area contributed by atoms with E-state index in [1.165, 1.54) is 0 Å². The fraction of sp³-hybridized carbons (Fsp3) is 0.667. The van der Waals surface area contributed by atoms with Gasteiger partial charge in [0.2, 0.25) is 11.8 Å². The molecular formula is C12H19N5O2. The number of aryl methyl sites for hydroxylation is 1. The highest BCUT2D eigenvalue weighted by molar-refractivity contribution is 5.62. The number of nitrogen functional groups attached to an aromatic ring is 1. The summed E-state index contributed by atoms with van der Waals surface area (Å²) in [6.45, 7) is 7.41. The average Bonchev–Trinajstić information content (AvgIpc) is 2.25. The van der Waals surface area contributed by atoms with Crippen molar-refractivity contribution >= 4 is 17.5 Å². The lowest BCUT2D eigenvalue weighted by atomic mass is 9.92. The summed E-state index contributed by atoms with van der Waals surface area (Å²) < 4.78 is 0. The highest BCUT2D eigenvalue weighted by Crippen LogP contribution is 2.33. The van der Waals surface area contributed by atoms with Gasteiger partial charge in [-0.25, -0.2) is 4.98 Å². The van der Waals surface area contributed by atoms with Gasteiger partial charge >= 0.3 is 5.69 Å². The van der Waals surface area contributed by atoms with E-state index < -0.39 is 4.92 Å². The van der Waals surface area contributed by atoms with Crippen LogP contribution in [0.1, 0.15) is 26.0 Å². The van der Waals surface area contributed by atoms with E-state index >= 15 is 0 Å². The third-order valence-corrected chi connectivity index (χ3v) is 3.41. The molecule has 7 heteroatoms. The minimum Gasteiger partial charge on any atom is -0.368 e. The molecule has 104 valence electrons. The summed E-state index contributed by atoms with van der Waals surface area (Å²) in [6, 6.07) is 0. The second kappa shape index (κ2) is 4.99. The summed E-state index contributed by atoms with van der Waals surface area (Å²) in [7, 11) is 0. The predicted molar refractivity (Wildman–Crippen MR) is 73.0 cm³/mol. The number of hydrogen-bond donors (Lipinski definition) is 1. The Balaban J connectivity index is 2.45. The van der Waals surface area contributed by atoms with Gasteiger partial charge in [0.1, 0.15) is 5.69 Å². The van der Waals surface area contributed by atoms with E-state index in [0.717, 1.165) is 19.5 Å². The summed E-state index contributed by atoms with van der Waals surface area (Å²) in [4.78, 5) is 20.7. The fourth-order valence-electron chi connectivity index (χ4n) is 2.84. The zero-order chi connectivity index (χ0) is 14.2. The van der Waals surface area contributed by atoms with Gasteiger partial charge in [-0.05, 0) is 25.2 Å². The molecule has 0 amide bonds. The Morgan fingerprint density at radius 3 is 2.42 bits per heavy atom. The van der Waals surface area contributed by atoms with Gasteiger partial charge in [-0.2, -0.15) is 4.98 Å². The molecule has 19 heavy (non-hydrogen) atoms. The van der Waals surface area contributed by atoms with Gasteiger partial charge in [0.05, 0.1) is 4.92 Å². The Hall–Kier alpha value is -1.92. The molecule has 0 aromatic carbocycles. The maximum absolute atomic E-state index is 11.2. The van der Waals surface area contributed by atoms with Crippen molar-refractivity contribution in [3.05, 3.63) is 15.8 Å². The van der Waals surface area contributed by atoms with Crippen molar-refractivity contribution in [2.75, 3.05) is 23.7 Å². The molecule has 0 saturated carbocycles. The molecule has 2 rings (SSSR count). The number of anilines is 2. The molecule has 1 aliphatic heterocycles. The van der Waals surface area contributed by atoms with Crippen molar-refractivity contribution in [1.82, 2.24) is 9.97 Å². The quantitative estimate of drug-likeness (QED) is 0.646. The number of nitro groups is 1. The molecule has 1 saturated heterocycles. The number of nitrogens with zero attached hydrogens (tertiary/aromatic N) is 4. The van der Waals surface area contributed by atoms with Crippen molar-refractivity contribution in [2.45, 2.75) is 27.2 Å². The van der Waals surface area contributed by atoms with Crippen LogP contribution in [-0.4, -0.2) is 28.0 Å². The minimum atomic E-state index is -0.423. The van der Waals surface area contributed by atoms with Gasteiger partial charge in [0, 0.05) is 13.1 Å². The van der Waals surface area contributed by atoms with Crippen molar-refractivity contribution in [3.63, 3.8) is 0 Å². The fourth-order valence-corrected chi connectivity index (χ4v) is 2.84. The molecule has 0 bridgehead atoms. The number of rotatable bonds is 2. The Kier molecular flexibility index (Phi) is 3.55. The molecule has 1 aliphatic rings. The summed E-state index contributed by atoms with van der Waals surface area (Å²) in [5.74, 6) is 1.41. The van der Waals surface area contributed by atoms with Crippen LogP contribution in [0.15, 0.2) is 0 Å². The molecule has 7 nitrogen and oxygen atoms in total. The van der Waals surface area contributed by atoms with E-state index in [2.05, 4.69) is 23.8 Å². The van der Waals surface area contributed by atoms with Gasteiger partial charge in [0.15, 0.2) is 0 Å². The Labute approximate surface area is 112 Å². The van der Waals surface area contributed by atoms with Crippen LogP contribution in [0, 0.1) is 28.9 Å². The van der Waals surface area contributed by atoms with Crippen LogP contribution in [0.3, 0.4) is 0 Å². The zero-order valence-electron chi connectivity index (χ0n) is 11.5. The van der Waals surface area contributed by atoms with Crippen LogP contribution in [0.25, 0.3) is 0 Å². The monoisotopic (exact) mass is 265 g/mol. The largest absolute Gasteiger partial charge is 0.368 e. The van der Waals surface area contributed by atoms with E-state index in [1.54, 1.807) is 6.92 Å². The summed E-state index contributed by atoms with van der Waals surface area (Å²) >= 11 is 0. The van der Waals surface area contributed by atoms with E-state index in [4.69, 9.17) is 5.73 Å². The second-order valence-electron chi connectivity index (χ2n) is 5.45. The lowest BCUT2D eigenvalue weighted by Crippen LogP contribution is -2.39. The third kappa shape index (κ3) is 2.74. The van der Waals surface area contributed by atoms with E-state index in [9.17, 15) is 10.1 Å². The molecule has 2 atom stereocenters. The molecule has 2 heterocycles. The molecule has 0 aliphatic carbocycles. The number of piperidine rings is 1. The molecule has 0 spiro atoms. The van der Waals surface area contributed by atoms with E-state index in [0.29, 0.717) is 23.3 Å². The Morgan fingerprint density at radius 1 is 1.32 bits per heavy atom. The van der Waals surface area contributed by atoms with Crippen LogP contribution in [-0.2, 0) is 0 Å². The van der Waals surface area contributed by atoms with Crippen molar-refractivity contribution in [3.8, 4) is 0 Å². The normalized spacial score (nSPS) is 23.4. The number of nitrogens with two attached hydrogens (primary N) is 1. The molecule has 1 aromatic rings. The highest BCUT2D eigenvalue weighted by atomic mass is 16.6. The smallest absolute Gasteiger partial charge is 0.332 e. The van der Waals surface area contributed by atoms with E-state index in [-0.39, 0.29) is 11.6 Å². The van der Waals surface area contributed by atoms with Crippen molar-refractivity contribution in [1.29, 1.82) is 0 Å². The lowest BCUT2D eigenvalue weighted by molar-refractivity contribution is -0.385. The number of hydrogen-bond acceptors (Lipinski definition) is 6. The summed E-state index contributed by atoms with van der Waals surface area (Å²) in [6.07, 6.45) is 1.13. The van der Waals surface area contributed by atoms with Gasteiger partial charge in [-0.15, -0.1) is 0 Å². The first-order chi connectivity index (χ1) is 8.88. The first kappa shape index (κ1) is 13.5. The van der Waals surface area contributed by atoms with Crippen LogP contribution in [0.2, 0.25) is 0 Å². The third-order valence-electron chi connectivity index (χ3n) is 3.41. The summed E-state index contributed by atoms with van der Waals surface area (Å²) in [5.41, 5.74) is 5.92. The minimum absolute atomic E-state index is 0.0319. The summed E-state index contributed by atoms with van der Waals surface area (Å²) in [5, 5.41) is 11.2. The number of aromatic nitrogens is 2. The lowest BCUT2D eigenvalue weighted by Gasteiger charge is -2.35. The van der Waals surface area contributed by atoms with Gasteiger partial charge in [0.25, 0.3) is 0 Å². The standard InChI is InChI=1S/C12H19N5O2/c1-7-4-8(2)6-16(5-7)11-10(17(18)19)9(3)14-12(13)15-11/h7-8H,4-6H2,1-3H3,(H2,13,14,15). The highest BCUT2D eigenvalue weighted by Gasteiger charge is 2.30. The maximum atomic E-state index is 11.2. The van der Waals surface area contributed by atoms with Crippen molar-refractivity contribution in [2.24, 2.45) is 11.8 Å². The van der Waals surface area contributed by atoms with E-state index in [1.807, 2.05) is 4.90 Å². The molecular weight excluding hydrogens is 246 g/mol. The zero-order valence-corrected chi connectivity index (χ0v) is 11.5. The Bertz CT molecular complexity index is 495. The Morgan fingerprint density at radius 2 is 1.89 bits per heavy atom. The van der Waals surface area contributed by atoms with Crippen LogP contribution < -0.4 is 10.6 Å². The van der Waals surface area contributed by atoms with Gasteiger partial charge in [-0.1, -0.05) is 13.8 Å². The first-order valence-electron chi connectivity index (χ1n) is 6.42. The van der Waals surface area contributed by atoms with Gasteiger partial charge in [-0.3, -0.25) is 10.1 Å². The average molecular weight is 265 g/mol. The molecule has 1 aromatic heterocycles. The van der Waals surface area contributed by atoms with Crippen molar-refractivity contribution < 1.29 is 4.92 Å². The maximum Gasteiger partial charge on any atom is 0.332 e. The SMILES string of the molecule is Cc1nc(N)nc(N2CC(C)CC(C)C2)c1[N+](=O)[O-]. The molecule has 2 N–H and O–H groups in total. The predicted octanol–water partition coefficient (Wildman–Crippen LogP) is 1.76. The molecule has 1 fully saturated rings. The van der Waals surface area contributed by atoms with Crippen LogP contribution in [0.5, 0.6) is 0 Å². The topological polar surface area (TPSA) is 98.2 Å². The second-order valence-corrected chi connectivity index (χ2v) is 5.45. The molecule has 2 unspecified atom stereocenters. The molecule has 0 radical (unpaired) electrons.